The average molecular weight is 1920 g/mol. The van der Waals surface area contributed by atoms with Gasteiger partial charge in [-0.15, -0.1) is 0 Å². The Morgan fingerprint density at radius 2 is 0.407 bits per heavy atom. The fourth-order valence-corrected chi connectivity index (χ4v) is 22.3. The van der Waals surface area contributed by atoms with Gasteiger partial charge in [-0.25, -0.2) is 9.97 Å². The number of hydrogen-bond donors (Lipinski definition) is 0. The third-order valence-corrected chi connectivity index (χ3v) is 29.1. The van der Waals surface area contributed by atoms with Crippen LogP contribution in [0.15, 0.2) is 541 Å². The molecule has 30 aromatic rings. The van der Waals surface area contributed by atoms with Crippen molar-refractivity contribution in [2.75, 3.05) is 0 Å². The largest absolute Gasteiger partial charge is 0.309 e. The van der Waals surface area contributed by atoms with Crippen molar-refractivity contribution in [1.29, 1.82) is 0 Å². The Hall–Kier alpha value is -20.4. The number of benzene rings is 17. The first-order valence-electron chi connectivity index (χ1n) is 50.6. The summed E-state index contributed by atoms with van der Waals surface area (Å²) >= 11 is 0. The quantitative estimate of drug-likeness (QED) is 0.100. The topological polar surface area (TPSA) is 120 Å². The van der Waals surface area contributed by atoms with Crippen molar-refractivity contribution in [3.8, 4) is 135 Å². The fraction of sp³-hybridized carbons (Fsp3) is 0. The summed E-state index contributed by atoms with van der Waals surface area (Å²) in [6.07, 6.45) is 9.33. The third kappa shape index (κ3) is 15.5. The second kappa shape index (κ2) is 37.1. The summed E-state index contributed by atoms with van der Waals surface area (Å²) < 4.78 is 14.0. The van der Waals surface area contributed by atoms with Crippen molar-refractivity contribution in [1.82, 2.24) is 62.3 Å². The maximum Gasteiger partial charge on any atom is 0.138 e. The summed E-state index contributed by atoms with van der Waals surface area (Å²) in [4.78, 5) is 34.6. The molecule has 0 unspecified atom stereocenters. The zero-order chi connectivity index (χ0) is 99.1. The molecular weight excluding hydrogens is 1830 g/mol. The van der Waals surface area contributed by atoms with E-state index in [1.807, 2.05) is 91.6 Å². The van der Waals surface area contributed by atoms with E-state index in [1.54, 1.807) is 0 Å². The van der Waals surface area contributed by atoms with Crippen LogP contribution >= 0.6 is 0 Å². The van der Waals surface area contributed by atoms with E-state index >= 15 is 0 Å². The molecule has 0 atom stereocenters. The van der Waals surface area contributed by atoms with Crippen LogP contribution in [0.3, 0.4) is 0 Å². The molecule has 0 radical (unpaired) electrons. The molecule has 0 amide bonds. The lowest BCUT2D eigenvalue weighted by molar-refractivity contribution is 1.08. The summed E-state index contributed by atoms with van der Waals surface area (Å²) in [6, 6.07) is 180. The van der Waals surface area contributed by atoms with Crippen molar-refractivity contribution < 1.29 is 0 Å². The Bertz CT molecular complexity index is 9860. The van der Waals surface area contributed by atoms with Gasteiger partial charge in [-0.3, -0.25) is 29.5 Å². The molecule has 30 rings (SSSR count). The zero-order valence-electron chi connectivity index (χ0n) is 81.2. The van der Waals surface area contributed by atoms with E-state index in [2.05, 4.69) is 476 Å². The number of fused-ring (bicyclic) bond motifs is 18. The van der Waals surface area contributed by atoms with Crippen molar-refractivity contribution in [2.24, 2.45) is 0 Å². The van der Waals surface area contributed by atoms with E-state index in [0.29, 0.717) is 0 Å². The van der Waals surface area contributed by atoms with Crippen LogP contribution in [-0.2, 0) is 0 Å². The van der Waals surface area contributed by atoms with Gasteiger partial charge in [-0.1, -0.05) is 291 Å². The average Bonchev–Trinajstić information content (AvgIpc) is 1.58. The maximum atomic E-state index is 5.28. The highest BCUT2D eigenvalue weighted by atomic mass is 15.1. The minimum absolute atomic E-state index is 0.861. The molecule has 0 spiro atoms. The van der Waals surface area contributed by atoms with E-state index in [0.717, 1.165) is 195 Å². The molecule has 13 nitrogen and oxygen atoms in total. The standard InChI is InChI=1S/2C46H30N4.C45H29N5/c1-4-13-31(14-5-1)35-28-40(32-15-6-2-7-16-32)48-45(30-35)50-42-25-23-33(27-39(42)46-43(50)21-12-26-47-46)34-22-24-38-37-19-10-11-20-41(37)49(44(38)29-34)36-17-8-3-9-18-36;1-4-13-31(14-5-1)40-29-36(30-41(48-40)32-15-6-2-7-16-32)50-44-25-23-34(28-39(44)46-45(50)21-12-26-47-46)33-22-24-43-38(27-33)37-19-10-11-20-42(37)49(43)35-17-8-3-9-18-35;1-2-11-34(12-3-1)49-41-16-5-4-13-36(41)37-20-18-31(29-44(37)49)30-19-21-42-38(28-30)45-43(17-10-24-48-45)50(42)35-26-32(39-14-6-8-22-46-39)25-33(27-35)40-15-7-9-23-47-40/h2*1-30H;1-29H. The number of pyridine rings is 7. The Balaban J connectivity index is 0.000000108. The lowest BCUT2D eigenvalue weighted by Crippen LogP contribution is -2.00. The third-order valence-electron chi connectivity index (χ3n) is 29.1. The molecule has 702 valence electrons. The second-order valence-corrected chi connectivity index (χ2v) is 37.9. The first-order chi connectivity index (χ1) is 74.4. The van der Waals surface area contributed by atoms with Crippen LogP contribution in [0.5, 0.6) is 0 Å². The Morgan fingerprint density at radius 1 is 0.120 bits per heavy atom. The highest BCUT2D eigenvalue weighted by molar-refractivity contribution is 6.16. The normalized spacial score (nSPS) is 11.6. The van der Waals surface area contributed by atoms with E-state index in [-0.39, 0.29) is 0 Å². The summed E-state index contributed by atoms with van der Waals surface area (Å²) in [6.45, 7) is 0. The van der Waals surface area contributed by atoms with Gasteiger partial charge in [0.2, 0.25) is 0 Å². The first-order valence-corrected chi connectivity index (χ1v) is 50.6. The first kappa shape index (κ1) is 87.4. The zero-order valence-corrected chi connectivity index (χ0v) is 81.2. The van der Waals surface area contributed by atoms with Crippen LogP contribution in [-0.4, -0.2) is 62.3 Å². The predicted octanol–water partition coefficient (Wildman–Crippen LogP) is 34.4. The number of para-hydroxylation sites is 6. The summed E-state index contributed by atoms with van der Waals surface area (Å²) in [7, 11) is 0. The van der Waals surface area contributed by atoms with Crippen LogP contribution in [0.25, 0.3) is 266 Å². The van der Waals surface area contributed by atoms with Gasteiger partial charge in [0.05, 0.1) is 117 Å². The summed E-state index contributed by atoms with van der Waals surface area (Å²) in [5.41, 5.74) is 41.1. The molecule has 17 aromatic carbocycles. The van der Waals surface area contributed by atoms with Crippen molar-refractivity contribution in [2.45, 2.75) is 0 Å². The molecule has 0 aliphatic heterocycles. The van der Waals surface area contributed by atoms with E-state index in [4.69, 9.17) is 34.9 Å². The van der Waals surface area contributed by atoms with Gasteiger partial charge >= 0.3 is 0 Å². The maximum absolute atomic E-state index is 5.28. The molecular formula is C137H89N13. The lowest BCUT2D eigenvalue weighted by Gasteiger charge is -2.13. The van der Waals surface area contributed by atoms with Crippen LogP contribution in [0.4, 0.5) is 0 Å². The predicted molar refractivity (Wildman–Crippen MR) is 619 cm³/mol. The van der Waals surface area contributed by atoms with Gasteiger partial charge in [0.1, 0.15) is 5.82 Å². The number of hydrogen-bond acceptors (Lipinski definition) is 7. The van der Waals surface area contributed by atoms with Crippen LogP contribution < -0.4 is 0 Å². The summed E-state index contributed by atoms with van der Waals surface area (Å²) in [5.74, 6) is 0.861. The van der Waals surface area contributed by atoms with Gasteiger partial charge in [0.15, 0.2) is 0 Å². The van der Waals surface area contributed by atoms with Crippen molar-refractivity contribution in [3.05, 3.63) is 541 Å². The Kier molecular flexibility index (Phi) is 21.6. The molecule has 13 aromatic heterocycles. The molecule has 0 bridgehead atoms. The lowest BCUT2D eigenvalue weighted by atomic mass is 10.0. The van der Waals surface area contributed by atoms with Gasteiger partial charge in [-0.2, -0.15) is 0 Å². The monoisotopic (exact) mass is 1920 g/mol. The Morgan fingerprint density at radius 3 is 0.813 bits per heavy atom. The molecule has 0 saturated carbocycles. The fourth-order valence-electron chi connectivity index (χ4n) is 22.3. The number of rotatable bonds is 15. The van der Waals surface area contributed by atoms with Gasteiger partial charge in [0, 0.05) is 130 Å². The molecule has 0 aliphatic carbocycles. The smallest absolute Gasteiger partial charge is 0.138 e. The second-order valence-electron chi connectivity index (χ2n) is 37.9. The van der Waals surface area contributed by atoms with Crippen LogP contribution in [0.1, 0.15) is 0 Å². The minimum Gasteiger partial charge on any atom is -0.309 e. The van der Waals surface area contributed by atoms with Gasteiger partial charge < -0.3 is 22.8 Å². The highest BCUT2D eigenvalue weighted by Crippen LogP contribution is 2.46. The Labute approximate surface area is 863 Å². The summed E-state index contributed by atoms with van der Waals surface area (Å²) in [5, 5.41) is 10.8. The molecule has 0 saturated heterocycles. The molecule has 13 heterocycles. The van der Waals surface area contributed by atoms with Crippen molar-refractivity contribution in [3.63, 3.8) is 0 Å². The molecule has 0 aliphatic rings. The minimum atomic E-state index is 0.861. The molecule has 0 fully saturated rings. The van der Waals surface area contributed by atoms with E-state index < -0.39 is 0 Å². The van der Waals surface area contributed by atoms with Gasteiger partial charge in [-0.05, 0) is 263 Å². The van der Waals surface area contributed by atoms with Crippen LogP contribution in [0.2, 0.25) is 0 Å². The SMILES string of the molecule is c1ccc(-c2cc(-c3ccccc3)nc(-n3c4ccc(-c5ccc6c7ccccc7n(-c7ccccc7)c6c5)cc4c4ncccc43)c2)cc1.c1ccc(-c2cc(-n3c4ccc(-c5ccc6c(c5)c5ccccc5n6-c5ccccc5)cc4c4ncccc43)cc(-c3ccccc3)n2)cc1.c1ccc(-n2c3ccccc3c3ccc(-c4ccc5c(c4)c4ncccc4n5-c4cc(-c5ccccn5)cc(-c5ccccn5)c4)cc32)cc1. The van der Waals surface area contributed by atoms with Crippen LogP contribution in [0, 0.1) is 0 Å². The van der Waals surface area contributed by atoms with E-state index in [1.165, 1.54) is 71.0 Å². The number of aromatic nitrogens is 13. The molecule has 150 heavy (non-hydrogen) atoms. The molecule has 13 heteroatoms. The molecule has 0 N–H and O–H groups in total. The van der Waals surface area contributed by atoms with E-state index in [9.17, 15) is 0 Å². The number of nitrogens with zero attached hydrogens (tertiary/aromatic N) is 13. The highest BCUT2D eigenvalue weighted by Gasteiger charge is 2.26. The van der Waals surface area contributed by atoms with Gasteiger partial charge in [0.25, 0.3) is 0 Å². The van der Waals surface area contributed by atoms with Crippen molar-refractivity contribution >= 4 is 131 Å².